The predicted octanol–water partition coefficient (Wildman–Crippen LogP) is 0.495. The van der Waals surface area contributed by atoms with Crippen LogP contribution >= 0.6 is 0 Å². The van der Waals surface area contributed by atoms with Crippen LogP contribution in [-0.2, 0) is 13.0 Å². The Morgan fingerprint density at radius 2 is 2.36 bits per heavy atom. The number of aryl methyl sites for hydroxylation is 1. The van der Waals surface area contributed by atoms with Crippen molar-refractivity contribution in [2.45, 2.75) is 19.9 Å². The van der Waals surface area contributed by atoms with E-state index in [2.05, 4.69) is 29.8 Å². The van der Waals surface area contributed by atoms with E-state index >= 15 is 0 Å². The molecule has 60 valence electrons. The average molecular weight is 151 g/mol. The number of nitrogens with zero attached hydrogens (tertiary/aromatic N) is 1. The summed E-state index contributed by atoms with van der Waals surface area (Å²) in [5.41, 5.74) is 6.79. The van der Waals surface area contributed by atoms with Crippen molar-refractivity contribution >= 4 is 0 Å². The van der Waals surface area contributed by atoms with Crippen LogP contribution in [0.3, 0.4) is 0 Å². The van der Waals surface area contributed by atoms with E-state index < -0.39 is 0 Å². The van der Waals surface area contributed by atoms with Gasteiger partial charge in [-0.2, -0.15) is 0 Å². The lowest BCUT2D eigenvalue weighted by molar-refractivity contribution is -0.694. The van der Waals surface area contributed by atoms with Crippen molar-refractivity contribution in [2.75, 3.05) is 6.54 Å². The second-order valence-electron chi connectivity index (χ2n) is 2.59. The molecule has 2 heteroatoms. The minimum absolute atomic E-state index is 0.706. The molecule has 0 spiro atoms. The van der Waals surface area contributed by atoms with E-state index in [1.807, 2.05) is 6.20 Å². The van der Waals surface area contributed by atoms with Gasteiger partial charge >= 0.3 is 0 Å². The smallest absolute Gasteiger partial charge is 0.172 e. The molecule has 0 aromatic carbocycles. The normalized spacial score (nSPS) is 10.0. The fourth-order valence-corrected chi connectivity index (χ4v) is 1.07. The summed E-state index contributed by atoms with van der Waals surface area (Å²) in [6, 6.07) is 4.20. The molecule has 0 fully saturated rings. The van der Waals surface area contributed by atoms with E-state index in [1.54, 1.807) is 0 Å². The Balaban J connectivity index is 2.74. The van der Waals surface area contributed by atoms with E-state index in [0.29, 0.717) is 6.54 Å². The third-order valence-electron chi connectivity index (χ3n) is 1.72. The maximum Gasteiger partial charge on any atom is 0.172 e. The van der Waals surface area contributed by atoms with Crippen LogP contribution in [0, 0.1) is 0 Å². The van der Waals surface area contributed by atoms with Crippen LogP contribution in [0.25, 0.3) is 0 Å². The number of nitrogens with two attached hydrogens (primary N) is 1. The van der Waals surface area contributed by atoms with Gasteiger partial charge in [-0.05, 0) is 12.5 Å². The van der Waals surface area contributed by atoms with Crippen LogP contribution in [-0.4, -0.2) is 6.54 Å². The van der Waals surface area contributed by atoms with Gasteiger partial charge in [-0.3, -0.25) is 0 Å². The Hall–Kier alpha value is -0.890. The summed E-state index contributed by atoms with van der Waals surface area (Å²) in [4.78, 5) is 0. The summed E-state index contributed by atoms with van der Waals surface area (Å²) in [7, 11) is 0. The Labute approximate surface area is 67.7 Å². The third-order valence-corrected chi connectivity index (χ3v) is 1.72. The number of aromatic nitrogens is 1. The lowest BCUT2D eigenvalue weighted by Gasteiger charge is -1.95. The molecule has 2 N–H and O–H groups in total. The largest absolute Gasteiger partial charge is 0.325 e. The Kier molecular flexibility index (Phi) is 3.05. The second kappa shape index (κ2) is 4.09. The van der Waals surface area contributed by atoms with E-state index in [-0.39, 0.29) is 0 Å². The summed E-state index contributed by atoms with van der Waals surface area (Å²) in [5, 5.41) is 0. The maximum absolute atomic E-state index is 5.43. The first-order valence-corrected chi connectivity index (χ1v) is 4.05. The fourth-order valence-electron chi connectivity index (χ4n) is 1.07. The molecule has 0 unspecified atom stereocenters. The van der Waals surface area contributed by atoms with Gasteiger partial charge < -0.3 is 5.73 Å². The highest BCUT2D eigenvalue weighted by Gasteiger charge is 1.98. The minimum Gasteiger partial charge on any atom is -0.325 e. The molecule has 11 heavy (non-hydrogen) atoms. The number of hydrogen-bond donors (Lipinski definition) is 1. The molecule has 2 nitrogen and oxygen atoms in total. The van der Waals surface area contributed by atoms with E-state index in [1.165, 1.54) is 5.56 Å². The average Bonchev–Trinajstić information content (AvgIpc) is 2.06. The molecule has 0 bridgehead atoms. The lowest BCUT2D eigenvalue weighted by atomic mass is 10.2. The van der Waals surface area contributed by atoms with Crippen LogP contribution < -0.4 is 10.3 Å². The second-order valence-corrected chi connectivity index (χ2v) is 2.59. The SMILES string of the molecule is CCc1ccc[n+](CCN)c1. The highest BCUT2D eigenvalue weighted by molar-refractivity contribution is 5.04. The molecule has 0 saturated heterocycles. The van der Waals surface area contributed by atoms with Crippen molar-refractivity contribution in [1.29, 1.82) is 0 Å². The van der Waals surface area contributed by atoms with Crippen molar-refractivity contribution in [2.24, 2.45) is 5.73 Å². The molecule has 0 aliphatic heterocycles. The monoisotopic (exact) mass is 151 g/mol. The van der Waals surface area contributed by atoms with Gasteiger partial charge in [0.1, 0.15) is 0 Å². The van der Waals surface area contributed by atoms with Crippen molar-refractivity contribution < 1.29 is 4.57 Å². The molecular formula is C9H15N2+. The molecule has 1 aromatic heterocycles. The van der Waals surface area contributed by atoms with E-state index in [9.17, 15) is 0 Å². The Bertz CT molecular complexity index is 221. The highest BCUT2D eigenvalue weighted by Crippen LogP contribution is 1.93. The van der Waals surface area contributed by atoms with Crippen molar-refractivity contribution in [3.63, 3.8) is 0 Å². The Morgan fingerprint density at radius 3 is 3.00 bits per heavy atom. The van der Waals surface area contributed by atoms with Gasteiger partial charge in [0.2, 0.25) is 0 Å². The molecule has 1 heterocycles. The standard InChI is InChI=1S/C9H15N2/c1-2-9-4-3-6-11(8-9)7-5-10/h3-4,6,8H,2,5,7,10H2,1H3/q+1. The van der Waals surface area contributed by atoms with Gasteiger partial charge in [-0.25, -0.2) is 4.57 Å². The molecule has 0 radical (unpaired) electrons. The summed E-state index contributed by atoms with van der Waals surface area (Å²) in [6.07, 6.45) is 5.28. The molecule has 0 amide bonds. The lowest BCUT2D eigenvalue weighted by Crippen LogP contribution is -2.37. The topological polar surface area (TPSA) is 29.9 Å². The zero-order valence-electron chi connectivity index (χ0n) is 6.96. The van der Waals surface area contributed by atoms with Gasteiger partial charge in [0.25, 0.3) is 0 Å². The number of pyridine rings is 1. The first-order valence-electron chi connectivity index (χ1n) is 4.05. The summed E-state index contributed by atoms with van der Waals surface area (Å²) < 4.78 is 2.12. The van der Waals surface area contributed by atoms with Crippen molar-refractivity contribution in [1.82, 2.24) is 0 Å². The zero-order chi connectivity index (χ0) is 8.10. The van der Waals surface area contributed by atoms with Crippen LogP contribution in [0.2, 0.25) is 0 Å². The van der Waals surface area contributed by atoms with Gasteiger partial charge in [-0.1, -0.05) is 6.92 Å². The van der Waals surface area contributed by atoms with Crippen molar-refractivity contribution in [3.8, 4) is 0 Å². The molecule has 0 aliphatic rings. The van der Waals surface area contributed by atoms with Crippen molar-refractivity contribution in [3.05, 3.63) is 30.1 Å². The summed E-state index contributed by atoms with van der Waals surface area (Å²) in [5.74, 6) is 0. The number of rotatable bonds is 3. The number of hydrogen-bond acceptors (Lipinski definition) is 1. The van der Waals surface area contributed by atoms with Gasteiger partial charge in [-0.15, -0.1) is 0 Å². The summed E-state index contributed by atoms with van der Waals surface area (Å²) in [6.45, 7) is 3.77. The van der Waals surface area contributed by atoms with Crippen LogP contribution in [0.1, 0.15) is 12.5 Å². The fraction of sp³-hybridized carbons (Fsp3) is 0.444. The molecule has 0 aliphatic carbocycles. The predicted molar refractivity (Wildman–Crippen MR) is 45.1 cm³/mol. The first kappa shape index (κ1) is 8.21. The minimum atomic E-state index is 0.706. The summed E-state index contributed by atoms with van der Waals surface area (Å²) >= 11 is 0. The highest BCUT2D eigenvalue weighted by atomic mass is 14.9. The van der Waals surface area contributed by atoms with Crippen LogP contribution in [0.5, 0.6) is 0 Å². The molecule has 0 atom stereocenters. The molecule has 0 saturated carbocycles. The molecule has 1 aromatic rings. The molecule has 1 rings (SSSR count). The zero-order valence-corrected chi connectivity index (χ0v) is 6.96. The quantitative estimate of drug-likeness (QED) is 0.626. The van der Waals surface area contributed by atoms with Crippen LogP contribution in [0.4, 0.5) is 0 Å². The molecular weight excluding hydrogens is 136 g/mol. The van der Waals surface area contributed by atoms with Gasteiger partial charge in [0.05, 0.1) is 6.54 Å². The van der Waals surface area contributed by atoms with Gasteiger partial charge in [0.15, 0.2) is 18.9 Å². The third kappa shape index (κ3) is 2.31. The van der Waals surface area contributed by atoms with Crippen LogP contribution in [0.15, 0.2) is 24.5 Å². The maximum atomic E-state index is 5.43. The van der Waals surface area contributed by atoms with E-state index in [0.717, 1.165) is 13.0 Å². The Morgan fingerprint density at radius 1 is 1.55 bits per heavy atom. The van der Waals surface area contributed by atoms with E-state index in [4.69, 9.17) is 5.73 Å². The van der Waals surface area contributed by atoms with Gasteiger partial charge in [0, 0.05) is 11.6 Å². The first-order chi connectivity index (χ1) is 5.36.